The van der Waals surface area contributed by atoms with Gasteiger partial charge in [-0.1, -0.05) is 51.9 Å². The van der Waals surface area contributed by atoms with Crippen LogP contribution in [0.25, 0.3) is 0 Å². The highest BCUT2D eigenvalue weighted by Gasteiger charge is 2.15. The van der Waals surface area contributed by atoms with Gasteiger partial charge in [-0.25, -0.2) is 0 Å². The zero-order valence-electron chi connectivity index (χ0n) is 15.4. The summed E-state index contributed by atoms with van der Waals surface area (Å²) in [6, 6.07) is 0. The van der Waals surface area contributed by atoms with Crippen LogP contribution < -0.4 is 0 Å². The Morgan fingerprint density at radius 1 is 0.773 bits per heavy atom. The highest BCUT2D eigenvalue weighted by Crippen LogP contribution is 2.13. The van der Waals surface area contributed by atoms with Crippen LogP contribution in [0.5, 0.6) is 0 Å². The van der Waals surface area contributed by atoms with Gasteiger partial charge < -0.3 is 9.47 Å². The fraction of sp³-hybridized carbons (Fsp3) is 0.947. The van der Waals surface area contributed by atoms with Crippen molar-refractivity contribution in [1.29, 1.82) is 0 Å². The van der Waals surface area contributed by atoms with E-state index >= 15 is 0 Å². The van der Waals surface area contributed by atoms with E-state index in [1.807, 2.05) is 20.8 Å². The molecule has 0 amide bonds. The average molecular weight is 315 g/mol. The second-order valence-electron chi connectivity index (χ2n) is 7.13. The van der Waals surface area contributed by atoms with E-state index in [2.05, 4.69) is 6.92 Å². The van der Waals surface area contributed by atoms with E-state index in [9.17, 15) is 4.79 Å². The number of hydrogen-bond acceptors (Lipinski definition) is 3. The topological polar surface area (TPSA) is 35.5 Å². The minimum atomic E-state index is -0.349. The fourth-order valence-electron chi connectivity index (χ4n) is 2.35. The van der Waals surface area contributed by atoms with Crippen LogP contribution in [0.4, 0.5) is 0 Å². The molecule has 0 N–H and O–H groups in total. The number of esters is 1. The molecular formula is C19H38O3. The molecule has 3 heteroatoms. The maximum atomic E-state index is 11.5. The van der Waals surface area contributed by atoms with Gasteiger partial charge in [0, 0.05) is 19.6 Å². The van der Waals surface area contributed by atoms with Crippen LogP contribution in [0.15, 0.2) is 0 Å². The predicted octanol–water partition coefficient (Wildman–Crippen LogP) is 5.66. The number of unbranched alkanes of at least 4 members (excludes halogenated alkanes) is 8. The third kappa shape index (κ3) is 17.5. The van der Waals surface area contributed by atoms with Crippen LogP contribution in [0.3, 0.4) is 0 Å². The summed E-state index contributed by atoms with van der Waals surface area (Å²) in [5.41, 5.74) is -0.349. The third-order valence-electron chi connectivity index (χ3n) is 3.44. The largest absolute Gasteiger partial charge is 0.460 e. The first kappa shape index (κ1) is 21.4. The van der Waals surface area contributed by atoms with Crippen molar-refractivity contribution in [3.05, 3.63) is 0 Å². The lowest BCUT2D eigenvalue weighted by molar-refractivity contribution is -0.154. The SMILES string of the molecule is CCCOCCCCCCCCCCCC(=O)OC(C)(C)C. The monoisotopic (exact) mass is 314 g/mol. The summed E-state index contributed by atoms with van der Waals surface area (Å²) in [6.45, 7) is 9.73. The normalized spacial score (nSPS) is 11.6. The van der Waals surface area contributed by atoms with Gasteiger partial charge in [-0.15, -0.1) is 0 Å². The quantitative estimate of drug-likeness (QED) is 0.307. The average Bonchev–Trinajstić information content (AvgIpc) is 2.42. The second kappa shape index (κ2) is 14.0. The maximum Gasteiger partial charge on any atom is 0.306 e. The maximum absolute atomic E-state index is 11.5. The molecular weight excluding hydrogens is 276 g/mol. The van der Waals surface area contributed by atoms with Crippen molar-refractivity contribution >= 4 is 5.97 Å². The summed E-state index contributed by atoms with van der Waals surface area (Å²) in [5.74, 6) is -0.0576. The standard InChI is InChI=1S/C19H38O3/c1-5-16-21-17-14-12-10-8-6-7-9-11-13-15-18(20)22-19(2,3)4/h5-17H2,1-4H3. The van der Waals surface area contributed by atoms with Gasteiger partial charge in [0.05, 0.1) is 0 Å². The Labute approximate surface area is 138 Å². The molecule has 0 aliphatic heterocycles. The van der Waals surface area contributed by atoms with E-state index in [0.717, 1.165) is 32.5 Å². The Morgan fingerprint density at radius 2 is 1.27 bits per heavy atom. The van der Waals surface area contributed by atoms with Crippen LogP contribution in [0, 0.1) is 0 Å². The molecule has 0 saturated carbocycles. The van der Waals surface area contributed by atoms with E-state index in [0.29, 0.717) is 6.42 Å². The molecule has 0 saturated heterocycles. The summed E-state index contributed by atoms with van der Waals surface area (Å²) in [7, 11) is 0. The molecule has 0 heterocycles. The van der Waals surface area contributed by atoms with Crippen LogP contribution in [-0.2, 0) is 14.3 Å². The highest BCUT2D eigenvalue weighted by atomic mass is 16.6. The molecule has 0 radical (unpaired) electrons. The van der Waals surface area contributed by atoms with Crippen molar-refractivity contribution in [2.45, 2.75) is 104 Å². The van der Waals surface area contributed by atoms with Crippen LogP contribution in [0.2, 0.25) is 0 Å². The van der Waals surface area contributed by atoms with Crippen molar-refractivity contribution < 1.29 is 14.3 Å². The van der Waals surface area contributed by atoms with Gasteiger partial charge in [0.1, 0.15) is 5.60 Å². The molecule has 0 rings (SSSR count). The Morgan fingerprint density at radius 3 is 1.77 bits per heavy atom. The summed E-state index contributed by atoms with van der Waals surface area (Å²) < 4.78 is 10.8. The molecule has 0 bridgehead atoms. The number of hydrogen-bond donors (Lipinski definition) is 0. The Kier molecular flexibility index (Phi) is 13.7. The lowest BCUT2D eigenvalue weighted by Crippen LogP contribution is -2.23. The lowest BCUT2D eigenvalue weighted by Gasteiger charge is -2.19. The van der Waals surface area contributed by atoms with Gasteiger partial charge >= 0.3 is 5.97 Å². The number of rotatable bonds is 14. The van der Waals surface area contributed by atoms with Crippen LogP contribution in [0.1, 0.15) is 98.3 Å². The molecule has 132 valence electrons. The van der Waals surface area contributed by atoms with Crippen molar-refractivity contribution in [1.82, 2.24) is 0 Å². The van der Waals surface area contributed by atoms with Crippen LogP contribution >= 0.6 is 0 Å². The molecule has 3 nitrogen and oxygen atoms in total. The van der Waals surface area contributed by atoms with E-state index in [-0.39, 0.29) is 11.6 Å². The Balaban J connectivity index is 3.16. The molecule has 0 unspecified atom stereocenters. The smallest absolute Gasteiger partial charge is 0.306 e. The highest BCUT2D eigenvalue weighted by molar-refractivity contribution is 5.69. The lowest BCUT2D eigenvalue weighted by atomic mass is 10.1. The van der Waals surface area contributed by atoms with Gasteiger partial charge in [-0.2, -0.15) is 0 Å². The molecule has 0 atom stereocenters. The van der Waals surface area contributed by atoms with E-state index < -0.39 is 0 Å². The summed E-state index contributed by atoms with van der Waals surface area (Å²) in [6.07, 6.45) is 12.8. The molecule has 0 aromatic carbocycles. The Bertz CT molecular complexity index is 256. The molecule has 0 aromatic rings. The van der Waals surface area contributed by atoms with Gasteiger partial charge in [0.25, 0.3) is 0 Å². The Hall–Kier alpha value is -0.570. The number of ether oxygens (including phenoxy) is 2. The molecule has 0 fully saturated rings. The predicted molar refractivity (Wildman–Crippen MR) is 93.1 cm³/mol. The summed E-state index contributed by atoms with van der Waals surface area (Å²) in [5, 5.41) is 0. The van der Waals surface area contributed by atoms with Gasteiger partial charge in [0.2, 0.25) is 0 Å². The van der Waals surface area contributed by atoms with E-state index in [1.54, 1.807) is 0 Å². The minimum Gasteiger partial charge on any atom is -0.460 e. The van der Waals surface area contributed by atoms with Crippen molar-refractivity contribution in [2.24, 2.45) is 0 Å². The molecule has 22 heavy (non-hydrogen) atoms. The van der Waals surface area contributed by atoms with Crippen molar-refractivity contribution in [3.63, 3.8) is 0 Å². The molecule has 0 spiro atoms. The number of carbonyl (C=O) groups is 1. The van der Waals surface area contributed by atoms with Crippen molar-refractivity contribution in [2.75, 3.05) is 13.2 Å². The molecule has 0 aromatic heterocycles. The van der Waals surface area contributed by atoms with Crippen molar-refractivity contribution in [3.8, 4) is 0 Å². The summed E-state index contributed by atoms with van der Waals surface area (Å²) in [4.78, 5) is 11.5. The van der Waals surface area contributed by atoms with Gasteiger partial charge in [0.15, 0.2) is 0 Å². The summed E-state index contributed by atoms with van der Waals surface area (Å²) >= 11 is 0. The second-order valence-corrected chi connectivity index (χ2v) is 7.13. The first-order valence-electron chi connectivity index (χ1n) is 9.25. The van der Waals surface area contributed by atoms with E-state index in [1.165, 1.54) is 44.9 Å². The first-order chi connectivity index (χ1) is 10.5. The fourth-order valence-corrected chi connectivity index (χ4v) is 2.35. The molecule has 0 aliphatic carbocycles. The zero-order valence-corrected chi connectivity index (χ0v) is 15.4. The molecule has 0 aliphatic rings. The first-order valence-corrected chi connectivity index (χ1v) is 9.25. The number of carbonyl (C=O) groups excluding carboxylic acids is 1. The van der Waals surface area contributed by atoms with Crippen LogP contribution in [-0.4, -0.2) is 24.8 Å². The van der Waals surface area contributed by atoms with Gasteiger partial charge in [-0.3, -0.25) is 4.79 Å². The minimum absolute atomic E-state index is 0.0576. The third-order valence-corrected chi connectivity index (χ3v) is 3.44. The van der Waals surface area contributed by atoms with Gasteiger partial charge in [-0.05, 0) is 40.0 Å². The zero-order chi connectivity index (χ0) is 16.7. The van der Waals surface area contributed by atoms with E-state index in [4.69, 9.17) is 9.47 Å².